The van der Waals surface area contributed by atoms with E-state index in [0.717, 1.165) is 80.1 Å². The fourth-order valence-corrected chi connectivity index (χ4v) is 8.21. The van der Waals surface area contributed by atoms with Gasteiger partial charge in [0, 0.05) is 35.5 Å². The predicted molar refractivity (Wildman–Crippen MR) is 142 cm³/mol. The Labute approximate surface area is 227 Å². The highest BCUT2D eigenvalue weighted by Gasteiger charge is 2.69. The van der Waals surface area contributed by atoms with Crippen molar-refractivity contribution in [2.24, 2.45) is 10.8 Å². The SMILES string of the molecule is Cc1cnc(C23CCC(CN(C(=O)CC45CC(F)(C4)C5)c4cccc(-c5nc(C6CC6)no5)c4)(CC2)CC3)o1. The average Bonchev–Trinajstić information content (AvgIpc) is 3.47. The van der Waals surface area contributed by atoms with Gasteiger partial charge in [0.1, 0.15) is 11.4 Å². The maximum absolute atomic E-state index is 14.3. The van der Waals surface area contributed by atoms with Gasteiger partial charge in [-0.15, -0.1) is 0 Å². The molecule has 7 nitrogen and oxygen atoms in total. The van der Waals surface area contributed by atoms with Crippen LogP contribution in [0.4, 0.5) is 10.1 Å². The molecule has 7 aliphatic rings. The first-order chi connectivity index (χ1) is 18.8. The molecule has 2 aromatic heterocycles. The van der Waals surface area contributed by atoms with Crippen molar-refractivity contribution in [3.63, 3.8) is 0 Å². The third-order valence-electron chi connectivity index (χ3n) is 10.7. The highest BCUT2D eigenvalue weighted by atomic mass is 19.1. The molecule has 10 rings (SSSR count). The van der Waals surface area contributed by atoms with Crippen molar-refractivity contribution in [2.75, 3.05) is 11.4 Å². The summed E-state index contributed by atoms with van der Waals surface area (Å²) in [5.41, 5.74) is 0.659. The van der Waals surface area contributed by atoms with E-state index in [1.165, 1.54) is 0 Å². The average molecular weight is 531 g/mol. The van der Waals surface area contributed by atoms with Crippen molar-refractivity contribution in [2.45, 2.75) is 101 Å². The lowest BCUT2D eigenvalue weighted by Crippen LogP contribution is -2.65. The lowest BCUT2D eigenvalue weighted by molar-refractivity contribution is -0.215. The van der Waals surface area contributed by atoms with Gasteiger partial charge in [-0.3, -0.25) is 4.79 Å². The summed E-state index contributed by atoms with van der Waals surface area (Å²) in [6, 6.07) is 7.97. The molecule has 8 heteroatoms. The standard InChI is InChI=1S/C31H35FN4O3/c1-20-15-33-27(38-20)30-10-7-28(8-11-30,9-12-30)19-36(24(37)14-29-16-31(32,17-29)18-29)23-4-2-3-22(13-23)26-34-25(35-39-26)21-5-6-21/h2-4,13,15,21H,5-12,14,16-19H2,1H3. The lowest BCUT2D eigenvalue weighted by atomic mass is 9.41. The van der Waals surface area contributed by atoms with E-state index in [1.807, 2.05) is 42.3 Å². The van der Waals surface area contributed by atoms with E-state index in [-0.39, 0.29) is 22.2 Å². The molecule has 2 heterocycles. The molecule has 0 saturated heterocycles. The molecule has 1 aromatic carbocycles. The maximum Gasteiger partial charge on any atom is 0.258 e. The van der Waals surface area contributed by atoms with Gasteiger partial charge in [0.15, 0.2) is 5.82 Å². The third kappa shape index (κ3) is 3.88. The number of alkyl halides is 1. The van der Waals surface area contributed by atoms with Crippen LogP contribution < -0.4 is 4.90 Å². The summed E-state index contributed by atoms with van der Waals surface area (Å²) < 4.78 is 25.9. The van der Waals surface area contributed by atoms with E-state index in [9.17, 15) is 9.18 Å². The lowest BCUT2D eigenvalue weighted by Gasteiger charge is -2.66. The number of amides is 1. The molecule has 0 atom stereocenters. The topological polar surface area (TPSA) is 85.3 Å². The minimum atomic E-state index is -1.00. The zero-order valence-corrected chi connectivity index (χ0v) is 22.5. The van der Waals surface area contributed by atoms with Crippen LogP contribution in [0.5, 0.6) is 0 Å². The van der Waals surface area contributed by atoms with Crippen molar-refractivity contribution >= 4 is 11.6 Å². The molecule has 4 bridgehead atoms. The summed E-state index contributed by atoms with van der Waals surface area (Å²) in [6.07, 6.45) is 12.3. The largest absolute Gasteiger partial charge is 0.445 e. The van der Waals surface area contributed by atoms with E-state index in [2.05, 4.69) is 15.1 Å². The van der Waals surface area contributed by atoms with Crippen molar-refractivity contribution in [1.82, 2.24) is 15.1 Å². The first-order valence-electron chi connectivity index (χ1n) is 14.6. The smallest absolute Gasteiger partial charge is 0.258 e. The van der Waals surface area contributed by atoms with Crippen molar-refractivity contribution in [3.05, 3.63) is 47.9 Å². The molecule has 0 N–H and O–H groups in total. The molecule has 0 aliphatic heterocycles. The van der Waals surface area contributed by atoms with Gasteiger partial charge in [-0.1, -0.05) is 11.2 Å². The van der Waals surface area contributed by atoms with Crippen LogP contribution >= 0.6 is 0 Å². The number of nitrogens with zero attached hydrogens (tertiary/aromatic N) is 4. The Morgan fingerprint density at radius 1 is 1.08 bits per heavy atom. The molecule has 7 saturated carbocycles. The second-order valence-electron chi connectivity index (χ2n) is 13.7. The molecule has 7 fully saturated rings. The number of rotatable bonds is 8. The Hall–Kier alpha value is -3.03. The van der Waals surface area contributed by atoms with Crippen LogP contribution in [0, 0.1) is 17.8 Å². The van der Waals surface area contributed by atoms with Crippen LogP contribution in [-0.4, -0.2) is 33.2 Å². The number of benzene rings is 1. The number of halogens is 1. The predicted octanol–water partition coefficient (Wildman–Crippen LogP) is 6.82. The van der Waals surface area contributed by atoms with Crippen LogP contribution in [-0.2, 0) is 10.2 Å². The van der Waals surface area contributed by atoms with Crippen molar-refractivity contribution in [1.29, 1.82) is 0 Å². The van der Waals surface area contributed by atoms with Gasteiger partial charge < -0.3 is 13.8 Å². The number of hydrogen-bond acceptors (Lipinski definition) is 6. The molecule has 1 amide bonds. The summed E-state index contributed by atoms with van der Waals surface area (Å²) in [5.74, 6) is 3.57. The fourth-order valence-electron chi connectivity index (χ4n) is 8.21. The molecule has 0 spiro atoms. The summed E-state index contributed by atoms with van der Waals surface area (Å²) in [7, 11) is 0. The van der Waals surface area contributed by atoms with Crippen LogP contribution in [0.25, 0.3) is 11.5 Å². The molecule has 39 heavy (non-hydrogen) atoms. The van der Waals surface area contributed by atoms with E-state index < -0.39 is 5.67 Å². The van der Waals surface area contributed by atoms with E-state index in [0.29, 0.717) is 44.0 Å². The minimum Gasteiger partial charge on any atom is -0.445 e. The Morgan fingerprint density at radius 3 is 2.46 bits per heavy atom. The zero-order valence-electron chi connectivity index (χ0n) is 22.5. The van der Waals surface area contributed by atoms with Gasteiger partial charge >= 0.3 is 0 Å². The number of aryl methyl sites for hydroxylation is 1. The highest BCUT2D eigenvalue weighted by molar-refractivity contribution is 5.94. The zero-order chi connectivity index (χ0) is 26.5. The molecular formula is C31H35FN4O3. The quantitative estimate of drug-likeness (QED) is 0.318. The van der Waals surface area contributed by atoms with Gasteiger partial charge in [0.2, 0.25) is 11.8 Å². The first kappa shape index (κ1) is 23.8. The number of carbonyl (C=O) groups excluding carboxylic acids is 1. The van der Waals surface area contributed by atoms with E-state index >= 15 is 0 Å². The minimum absolute atomic E-state index is 0.0310. The maximum atomic E-state index is 14.3. The highest BCUT2D eigenvalue weighted by Crippen LogP contribution is 2.71. The van der Waals surface area contributed by atoms with Crippen LogP contribution in [0.3, 0.4) is 0 Å². The van der Waals surface area contributed by atoms with Crippen molar-refractivity contribution in [3.8, 4) is 11.5 Å². The van der Waals surface area contributed by atoms with Crippen LogP contribution in [0.2, 0.25) is 0 Å². The second kappa shape index (κ2) is 8.01. The fraction of sp³-hybridized carbons (Fsp3) is 0.613. The Bertz CT molecular complexity index is 1410. The molecule has 0 unspecified atom stereocenters. The number of carbonyl (C=O) groups is 1. The van der Waals surface area contributed by atoms with Gasteiger partial charge in [-0.2, -0.15) is 4.98 Å². The molecule has 0 radical (unpaired) electrons. The normalized spacial score (nSPS) is 34.4. The summed E-state index contributed by atoms with van der Waals surface area (Å²) in [4.78, 5) is 25.2. The van der Waals surface area contributed by atoms with Gasteiger partial charge in [0.25, 0.3) is 5.89 Å². The number of fused-ring (bicyclic) bond motifs is 3. The second-order valence-corrected chi connectivity index (χ2v) is 13.7. The molecular weight excluding hydrogens is 495 g/mol. The van der Waals surface area contributed by atoms with Crippen LogP contribution in [0.15, 0.2) is 39.4 Å². The molecule has 3 aromatic rings. The van der Waals surface area contributed by atoms with Gasteiger partial charge in [0.05, 0.1) is 6.20 Å². The number of anilines is 1. The third-order valence-corrected chi connectivity index (χ3v) is 10.7. The summed E-state index contributed by atoms with van der Waals surface area (Å²) in [5, 5.41) is 4.18. The molecule has 7 aliphatic carbocycles. The number of hydrogen-bond donors (Lipinski definition) is 0. The summed E-state index contributed by atoms with van der Waals surface area (Å²) in [6.45, 7) is 2.64. The monoisotopic (exact) mass is 530 g/mol. The van der Waals surface area contributed by atoms with E-state index in [4.69, 9.17) is 8.94 Å². The molecule has 204 valence electrons. The van der Waals surface area contributed by atoms with E-state index in [1.54, 1.807) is 0 Å². The Morgan fingerprint density at radius 2 is 1.82 bits per heavy atom. The van der Waals surface area contributed by atoms with Gasteiger partial charge in [-0.25, -0.2) is 9.37 Å². The van der Waals surface area contributed by atoms with Crippen molar-refractivity contribution < 1.29 is 18.1 Å². The first-order valence-corrected chi connectivity index (χ1v) is 14.6. The van der Waals surface area contributed by atoms with Crippen LogP contribution in [0.1, 0.15) is 100 Å². The summed E-state index contributed by atoms with van der Waals surface area (Å²) >= 11 is 0. The van der Waals surface area contributed by atoms with Gasteiger partial charge in [-0.05, 0) is 107 Å². The number of oxazole rings is 1. The Balaban J connectivity index is 1.07. The Kier molecular flexibility index (Phi) is 4.89. The number of aromatic nitrogens is 3.